The van der Waals surface area contributed by atoms with Gasteiger partial charge in [0.05, 0.1) is 5.02 Å². The van der Waals surface area contributed by atoms with Crippen molar-refractivity contribution in [1.82, 2.24) is 4.90 Å². The molecule has 2 aromatic rings. The highest BCUT2D eigenvalue weighted by Crippen LogP contribution is 2.38. The molecule has 27 heavy (non-hydrogen) atoms. The van der Waals surface area contributed by atoms with E-state index in [1.807, 2.05) is 24.3 Å². The van der Waals surface area contributed by atoms with Gasteiger partial charge in [-0.1, -0.05) is 11.6 Å². The number of fused-ring (bicyclic) bond motifs is 1. The molecule has 0 atom stereocenters. The highest BCUT2D eigenvalue weighted by atomic mass is 35.5. The van der Waals surface area contributed by atoms with E-state index in [4.69, 9.17) is 21.1 Å². The zero-order valence-corrected chi connectivity index (χ0v) is 16.0. The van der Waals surface area contributed by atoms with Crippen molar-refractivity contribution in [3.8, 4) is 11.5 Å². The van der Waals surface area contributed by atoms with Crippen LogP contribution < -0.4 is 19.7 Å². The van der Waals surface area contributed by atoms with Gasteiger partial charge in [-0.05, 0) is 43.4 Å². The minimum absolute atomic E-state index is 0.235. The number of amides is 1. The first kappa shape index (κ1) is 17.9. The third-order valence-electron chi connectivity index (χ3n) is 4.85. The summed E-state index contributed by atoms with van der Waals surface area (Å²) in [4.78, 5) is 17.3. The number of ether oxygens (including phenoxy) is 2. The Labute approximate surface area is 163 Å². The van der Waals surface area contributed by atoms with Crippen LogP contribution in [-0.2, 0) is 0 Å². The number of likely N-dealkylation sites (N-methyl/N-ethyl adjacent to an activating group) is 1. The number of carbonyl (C=O) groups excluding carboxylic acids is 1. The van der Waals surface area contributed by atoms with Crippen molar-refractivity contribution >= 4 is 28.9 Å². The Morgan fingerprint density at radius 3 is 2.48 bits per heavy atom. The van der Waals surface area contributed by atoms with Crippen LogP contribution in [-0.4, -0.2) is 57.2 Å². The van der Waals surface area contributed by atoms with E-state index in [0.717, 1.165) is 31.9 Å². The lowest BCUT2D eigenvalue weighted by Gasteiger charge is -2.34. The fraction of sp³-hybridized carbons (Fsp3) is 0.350. The van der Waals surface area contributed by atoms with E-state index >= 15 is 0 Å². The number of anilines is 2. The van der Waals surface area contributed by atoms with Crippen LogP contribution in [0.1, 0.15) is 10.4 Å². The molecule has 6 nitrogen and oxygen atoms in total. The zero-order valence-electron chi connectivity index (χ0n) is 15.2. The van der Waals surface area contributed by atoms with Crippen LogP contribution in [0.15, 0.2) is 36.4 Å². The normalized spacial score (nSPS) is 16.9. The summed E-state index contributed by atoms with van der Waals surface area (Å²) < 4.78 is 11.0. The van der Waals surface area contributed by atoms with Crippen molar-refractivity contribution in [3.05, 3.63) is 47.0 Å². The molecule has 0 bridgehead atoms. The highest BCUT2D eigenvalue weighted by Gasteiger charge is 2.19. The number of nitrogens with one attached hydrogen (secondary N) is 1. The van der Waals surface area contributed by atoms with E-state index < -0.39 is 0 Å². The molecule has 2 aromatic carbocycles. The number of halogens is 1. The van der Waals surface area contributed by atoms with Gasteiger partial charge in [0.25, 0.3) is 5.91 Å². The second-order valence-corrected chi connectivity index (χ2v) is 7.18. The van der Waals surface area contributed by atoms with E-state index in [1.165, 1.54) is 5.69 Å². The summed E-state index contributed by atoms with van der Waals surface area (Å²) in [6, 6.07) is 11.2. The molecule has 1 fully saturated rings. The van der Waals surface area contributed by atoms with E-state index in [9.17, 15) is 4.79 Å². The van der Waals surface area contributed by atoms with Crippen LogP contribution >= 0.6 is 11.6 Å². The number of hydrogen-bond acceptors (Lipinski definition) is 5. The average Bonchev–Trinajstić information content (AvgIpc) is 2.69. The monoisotopic (exact) mass is 387 g/mol. The fourth-order valence-corrected chi connectivity index (χ4v) is 3.53. The summed E-state index contributed by atoms with van der Waals surface area (Å²) in [5.41, 5.74) is 2.35. The molecule has 0 unspecified atom stereocenters. The summed E-state index contributed by atoms with van der Waals surface area (Å²) in [5, 5.41) is 3.29. The molecule has 7 heteroatoms. The van der Waals surface area contributed by atoms with Gasteiger partial charge in [0.15, 0.2) is 11.5 Å². The van der Waals surface area contributed by atoms with Crippen molar-refractivity contribution in [1.29, 1.82) is 0 Å². The average molecular weight is 388 g/mol. The predicted molar refractivity (Wildman–Crippen MR) is 107 cm³/mol. The maximum atomic E-state index is 12.6. The molecule has 1 saturated heterocycles. The summed E-state index contributed by atoms with van der Waals surface area (Å²) in [6.07, 6.45) is 0. The lowest BCUT2D eigenvalue weighted by Crippen LogP contribution is -2.44. The van der Waals surface area contributed by atoms with Gasteiger partial charge in [0.2, 0.25) is 0 Å². The van der Waals surface area contributed by atoms with Crippen LogP contribution in [0.5, 0.6) is 11.5 Å². The lowest BCUT2D eigenvalue weighted by molar-refractivity contribution is 0.102. The smallest absolute Gasteiger partial charge is 0.255 e. The molecule has 1 amide bonds. The molecular weight excluding hydrogens is 366 g/mol. The largest absolute Gasteiger partial charge is 0.486 e. The quantitative estimate of drug-likeness (QED) is 0.877. The minimum atomic E-state index is -0.235. The Morgan fingerprint density at radius 1 is 1.04 bits per heavy atom. The molecule has 2 aliphatic rings. The molecule has 0 spiro atoms. The topological polar surface area (TPSA) is 54.0 Å². The fourth-order valence-electron chi connectivity index (χ4n) is 3.27. The Kier molecular flexibility index (Phi) is 5.09. The standard InChI is InChI=1S/C20H22ClN3O3/c1-23-6-8-24(9-7-23)16-4-2-15(3-5-16)22-20(25)14-12-17(21)19-18(13-14)26-10-11-27-19/h2-5,12-13H,6-11H2,1H3,(H,22,25). The van der Waals surface area contributed by atoms with Crippen LogP contribution in [0.3, 0.4) is 0 Å². The predicted octanol–water partition coefficient (Wildman–Crippen LogP) is 3.12. The third-order valence-corrected chi connectivity index (χ3v) is 5.13. The lowest BCUT2D eigenvalue weighted by atomic mass is 10.1. The molecule has 4 rings (SSSR count). The van der Waals surface area contributed by atoms with Crippen LogP contribution in [0.4, 0.5) is 11.4 Å². The van der Waals surface area contributed by atoms with Crippen molar-refractivity contribution in [3.63, 3.8) is 0 Å². The molecule has 2 heterocycles. The first-order valence-corrected chi connectivity index (χ1v) is 9.42. The first-order valence-electron chi connectivity index (χ1n) is 9.04. The number of carbonyl (C=O) groups is 1. The maximum absolute atomic E-state index is 12.6. The van der Waals surface area contributed by atoms with E-state index in [-0.39, 0.29) is 5.91 Å². The van der Waals surface area contributed by atoms with E-state index in [1.54, 1.807) is 12.1 Å². The van der Waals surface area contributed by atoms with Crippen molar-refractivity contribution in [2.75, 3.05) is 56.7 Å². The highest BCUT2D eigenvalue weighted by molar-refractivity contribution is 6.32. The van der Waals surface area contributed by atoms with Gasteiger partial charge in [-0.3, -0.25) is 4.79 Å². The molecular formula is C20H22ClN3O3. The Bertz CT molecular complexity index is 833. The molecule has 0 aromatic heterocycles. The molecule has 0 saturated carbocycles. The second-order valence-electron chi connectivity index (χ2n) is 6.77. The summed E-state index contributed by atoms with van der Waals surface area (Å²) in [6.45, 7) is 5.04. The van der Waals surface area contributed by atoms with Gasteiger partial charge in [-0.25, -0.2) is 0 Å². The van der Waals surface area contributed by atoms with Crippen LogP contribution in [0, 0.1) is 0 Å². The molecule has 2 aliphatic heterocycles. The second kappa shape index (κ2) is 7.66. The zero-order chi connectivity index (χ0) is 18.8. The summed E-state index contributed by atoms with van der Waals surface area (Å²) in [5.74, 6) is 0.765. The number of benzene rings is 2. The van der Waals surface area contributed by atoms with Crippen molar-refractivity contribution in [2.24, 2.45) is 0 Å². The number of hydrogen-bond donors (Lipinski definition) is 1. The van der Waals surface area contributed by atoms with Gasteiger partial charge in [0.1, 0.15) is 13.2 Å². The number of piperazine rings is 1. The Balaban J connectivity index is 1.44. The van der Waals surface area contributed by atoms with Crippen molar-refractivity contribution in [2.45, 2.75) is 0 Å². The van der Waals surface area contributed by atoms with Gasteiger partial charge >= 0.3 is 0 Å². The maximum Gasteiger partial charge on any atom is 0.255 e. The molecule has 0 aliphatic carbocycles. The third kappa shape index (κ3) is 3.96. The molecule has 0 radical (unpaired) electrons. The number of rotatable bonds is 3. The van der Waals surface area contributed by atoms with Gasteiger partial charge in [-0.2, -0.15) is 0 Å². The van der Waals surface area contributed by atoms with Gasteiger partial charge in [0, 0.05) is 43.1 Å². The van der Waals surface area contributed by atoms with Gasteiger partial charge in [-0.15, -0.1) is 0 Å². The van der Waals surface area contributed by atoms with Crippen LogP contribution in [0.25, 0.3) is 0 Å². The van der Waals surface area contributed by atoms with Gasteiger partial charge < -0.3 is 24.6 Å². The minimum Gasteiger partial charge on any atom is -0.486 e. The van der Waals surface area contributed by atoms with Crippen LogP contribution in [0.2, 0.25) is 5.02 Å². The Hall–Kier alpha value is -2.44. The first-order chi connectivity index (χ1) is 13.1. The summed E-state index contributed by atoms with van der Waals surface area (Å²) in [7, 11) is 2.14. The summed E-state index contributed by atoms with van der Waals surface area (Å²) >= 11 is 6.22. The SMILES string of the molecule is CN1CCN(c2ccc(NC(=O)c3cc(Cl)c4c(c3)OCCO4)cc2)CC1. The Morgan fingerprint density at radius 2 is 1.74 bits per heavy atom. The molecule has 142 valence electrons. The van der Waals surface area contributed by atoms with Crippen molar-refractivity contribution < 1.29 is 14.3 Å². The molecule has 1 N–H and O–H groups in total. The van der Waals surface area contributed by atoms with E-state index in [2.05, 4.69) is 22.2 Å². The van der Waals surface area contributed by atoms with E-state index in [0.29, 0.717) is 35.3 Å². The number of nitrogens with zero attached hydrogens (tertiary/aromatic N) is 2.